The van der Waals surface area contributed by atoms with Crippen molar-refractivity contribution in [1.29, 1.82) is 0 Å². The van der Waals surface area contributed by atoms with Crippen LogP contribution in [0.25, 0.3) is 0 Å². The summed E-state index contributed by atoms with van der Waals surface area (Å²) in [5, 5.41) is 7.01. The van der Waals surface area contributed by atoms with E-state index in [1.54, 1.807) is 6.07 Å². The summed E-state index contributed by atoms with van der Waals surface area (Å²) in [6, 6.07) is 15.7. The van der Waals surface area contributed by atoms with Gasteiger partial charge in [-0.1, -0.05) is 48.0 Å². The predicted molar refractivity (Wildman–Crippen MR) is 108 cm³/mol. The number of ether oxygens (including phenoxy) is 1. The van der Waals surface area contributed by atoms with E-state index >= 15 is 0 Å². The standard InChI is InChI=1S/C20H23ClN2O2S/c21-18-7-3-4-8-19(18)25-13-16-6-2-1-5-15(16)12-23-20(24)11-17-14-26-10-9-22-17/h1-8,17,22H,9-14H2,(H,23,24). The second kappa shape index (κ2) is 9.86. The first-order valence-electron chi connectivity index (χ1n) is 8.74. The lowest BCUT2D eigenvalue weighted by atomic mass is 10.1. The van der Waals surface area contributed by atoms with Crippen LogP contribution in [0.1, 0.15) is 17.5 Å². The van der Waals surface area contributed by atoms with Crippen LogP contribution in [0.15, 0.2) is 48.5 Å². The van der Waals surface area contributed by atoms with Crippen LogP contribution in [-0.4, -0.2) is 30.0 Å². The second-order valence-corrected chi connectivity index (χ2v) is 7.75. The van der Waals surface area contributed by atoms with Gasteiger partial charge in [0.2, 0.25) is 5.91 Å². The van der Waals surface area contributed by atoms with Gasteiger partial charge in [-0.3, -0.25) is 4.79 Å². The maximum absolute atomic E-state index is 12.2. The Kier molecular flexibility index (Phi) is 7.23. The highest BCUT2D eigenvalue weighted by Crippen LogP contribution is 2.24. The maximum Gasteiger partial charge on any atom is 0.221 e. The number of nitrogens with one attached hydrogen (secondary N) is 2. The van der Waals surface area contributed by atoms with E-state index < -0.39 is 0 Å². The second-order valence-electron chi connectivity index (χ2n) is 6.19. The van der Waals surface area contributed by atoms with Gasteiger partial charge in [0.1, 0.15) is 12.4 Å². The number of amides is 1. The normalized spacial score (nSPS) is 16.9. The average molecular weight is 391 g/mol. The number of thioether (sulfide) groups is 1. The van der Waals surface area contributed by atoms with Gasteiger partial charge in [-0.15, -0.1) is 0 Å². The molecule has 0 aromatic heterocycles. The molecule has 1 saturated heterocycles. The van der Waals surface area contributed by atoms with Gasteiger partial charge in [0.05, 0.1) is 5.02 Å². The van der Waals surface area contributed by atoms with Crippen molar-refractivity contribution < 1.29 is 9.53 Å². The van der Waals surface area contributed by atoms with Gasteiger partial charge >= 0.3 is 0 Å². The third-order valence-electron chi connectivity index (χ3n) is 4.24. The molecule has 4 nitrogen and oxygen atoms in total. The predicted octanol–water partition coefficient (Wildman–Crippen LogP) is 3.63. The largest absolute Gasteiger partial charge is 0.487 e. The molecule has 1 fully saturated rings. The van der Waals surface area contributed by atoms with E-state index in [4.69, 9.17) is 16.3 Å². The minimum atomic E-state index is 0.0758. The number of para-hydroxylation sites is 1. The molecule has 1 unspecified atom stereocenters. The van der Waals surface area contributed by atoms with Crippen molar-refractivity contribution in [2.24, 2.45) is 0 Å². The number of carbonyl (C=O) groups excluding carboxylic acids is 1. The highest BCUT2D eigenvalue weighted by atomic mass is 35.5. The van der Waals surface area contributed by atoms with Crippen LogP contribution >= 0.6 is 23.4 Å². The Morgan fingerprint density at radius 2 is 1.96 bits per heavy atom. The van der Waals surface area contributed by atoms with Crippen molar-refractivity contribution in [1.82, 2.24) is 10.6 Å². The van der Waals surface area contributed by atoms with Crippen LogP contribution in [0.2, 0.25) is 5.02 Å². The number of hydrogen-bond acceptors (Lipinski definition) is 4. The zero-order chi connectivity index (χ0) is 18.2. The summed E-state index contributed by atoms with van der Waals surface area (Å²) in [5.74, 6) is 2.85. The summed E-state index contributed by atoms with van der Waals surface area (Å²) in [7, 11) is 0. The molecule has 3 rings (SSSR count). The fourth-order valence-electron chi connectivity index (χ4n) is 2.83. The van der Waals surface area contributed by atoms with E-state index in [-0.39, 0.29) is 11.9 Å². The van der Waals surface area contributed by atoms with Crippen molar-refractivity contribution in [2.75, 3.05) is 18.1 Å². The van der Waals surface area contributed by atoms with E-state index in [0.29, 0.717) is 30.3 Å². The van der Waals surface area contributed by atoms with Crippen LogP contribution in [0.4, 0.5) is 0 Å². The third kappa shape index (κ3) is 5.66. The zero-order valence-electron chi connectivity index (χ0n) is 14.5. The Balaban J connectivity index is 1.53. The molecular weight excluding hydrogens is 368 g/mol. The number of halogens is 1. The van der Waals surface area contributed by atoms with E-state index in [2.05, 4.69) is 10.6 Å². The average Bonchev–Trinajstić information content (AvgIpc) is 2.67. The molecule has 1 aliphatic heterocycles. The molecule has 1 amide bonds. The summed E-state index contributed by atoms with van der Waals surface area (Å²) in [5.41, 5.74) is 2.10. The number of benzene rings is 2. The van der Waals surface area contributed by atoms with Gasteiger partial charge in [-0.05, 0) is 23.3 Å². The Morgan fingerprint density at radius 3 is 2.73 bits per heavy atom. The lowest BCUT2D eigenvalue weighted by Gasteiger charge is -2.22. The van der Waals surface area contributed by atoms with Crippen molar-refractivity contribution in [2.45, 2.75) is 25.6 Å². The highest BCUT2D eigenvalue weighted by Gasteiger charge is 2.16. The molecule has 2 aromatic carbocycles. The number of hydrogen-bond donors (Lipinski definition) is 2. The number of rotatable bonds is 7. The fourth-order valence-corrected chi connectivity index (χ4v) is 3.97. The van der Waals surface area contributed by atoms with Crippen molar-refractivity contribution in [3.8, 4) is 5.75 Å². The molecule has 0 aliphatic carbocycles. The van der Waals surface area contributed by atoms with Gasteiger partial charge in [0.15, 0.2) is 0 Å². The van der Waals surface area contributed by atoms with Gasteiger partial charge < -0.3 is 15.4 Å². The lowest BCUT2D eigenvalue weighted by Crippen LogP contribution is -2.41. The highest BCUT2D eigenvalue weighted by molar-refractivity contribution is 7.99. The molecule has 0 bridgehead atoms. The van der Waals surface area contributed by atoms with Crippen LogP contribution in [-0.2, 0) is 17.9 Å². The molecule has 1 heterocycles. The molecule has 0 spiro atoms. The van der Waals surface area contributed by atoms with Crippen LogP contribution in [0, 0.1) is 0 Å². The first-order valence-corrected chi connectivity index (χ1v) is 10.3. The lowest BCUT2D eigenvalue weighted by molar-refractivity contribution is -0.121. The Bertz CT molecular complexity index is 735. The van der Waals surface area contributed by atoms with Crippen molar-refractivity contribution in [3.63, 3.8) is 0 Å². The van der Waals surface area contributed by atoms with Gasteiger partial charge in [-0.2, -0.15) is 11.8 Å². The third-order valence-corrected chi connectivity index (χ3v) is 5.69. The molecule has 0 radical (unpaired) electrons. The Morgan fingerprint density at radius 1 is 1.19 bits per heavy atom. The van der Waals surface area contributed by atoms with E-state index in [9.17, 15) is 4.79 Å². The summed E-state index contributed by atoms with van der Waals surface area (Å²) in [4.78, 5) is 12.2. The van der Waals surface area contributed by atoms with Gasteiger partial charge in [-0.25, -0.2) is 0 Å². The van der Waals surface area contributed by atoms with Gasteiger partial charge in [0.25, 0.3) is 0 Å². The Hall–Kier alpha value is -1.69. The molecule has 1 atom stereocenters. The zero-order valence-corrected chi connectivity index (χ0v) is 16.1. The minimum absolute atomic E-state index is 0.0758. The number of carbonyl (C=O) groups is 1. The summed E-state index contributed by atoms with van der Waals surface area (Å²) >= 11 is 8.03. The molecule has 138 valence electrons. The molecule has 2 aromatic rings. The molecule has 0 saturated carbocycles. The molecule has 1 aliphatic rings. The first-order chi connectivity index (χ1) is 12.7. The van der Waals surface area contributed by atoms with E-state index in [0.717, 1.165) is 29.2 Å². The smallest absolute Gasteiger partial charge is 0.221 e. The maximum atomic E-state index is 12.2. The summed E-state index contributed by atoms with van der Waals surface area (Å²) in [6.45, 7) is 1.89. The van der Waals surface area contributed by atoms with E-state index in [1.807, 2.05) is 54.2 Å². The van der Waals surface area contributed by atoms with Crippen molar-refractivity contribution >= 4 is 29.3 Å². The van der Waals surface area contributed by atoms with Crippen LogP contribution < -0.4 is 15.4 Å². The van der Waals surface area contributed by atoms with Crippen molar-refractivity contribution in [3.05, 3.63) is 64.7 Å². The monoisotopic (exact) mass is 390 g/mol. The topological polar surface area (TPSA) is 50.4 Å². The molecular formula is C20H23ClN2O2S. The Labute approximate surface area is 163 Å². The van der Waals surface area contributed by atoms with Crippen LogP contribution in [0.5, 0.6) is 5.75 Å². The minimum Gasteiger partial charge on any atom is -0.487 e. The quantitative estimate of drug-likeness (QED) is 0.758. The SMILES string of the molecule is O=C(CC1CSCCN1)NCc1ccccc1COc1ccccc1Cl. The summed E-state index contributed by atoms with van der Waals surface area (Å²) in [6.07, 6.45) is 0.519. The molecule has 2 N–H and O–H groups in total. The first kappa shape index (κ1) is 19.1. The van der Waals surface area contributed by atoms with Gasteiger partial charge in [0, 0.05) is 37.1 Å². The summed E-state index contributed by atoms with van der Waals surface area (Å²) < 4.78 is 5.83. The van der Waals surface area contributed by atoms with Crippen LogP contribution in [0.3, 0.4) is 0 Å². The molecule has 6 heteroatoms. The fraction of sp³-hybridized carbons (Fsp3) is 0.350. The van der Waals surface area contributed by atoms with E-state index in [1.165, 1.54) is 0 Å². The molecule has 26 heavy (non-hydrogen) atoms.